The fourth-order valence-corrected chi connectivity index (χ4v) is 3.70. The molecule has 0 aliphatic carbocycles. The maximum atomic E-state index is 14.4. The van der Waals surface area contributed by atoms with Gasteiger partial charge in [-0.05, 0) is 11.6 Å². The highest BCUT2D eigenvalue weighted by atomic mass is 19.1. The molecule has 2 aliphatic rings. The van der Waals surface area contributed by atoms with E-state index >= 15 is 0 Å². The summed E-state index contributed by atoms with van der Waals surface area (Å²) < 4.78 is 26.9. The van der Waals surface area contributed by atoms with E-state index in [4.69, 9.17) is 9.47 Å². The summed E-state index contributed by atoms with van der Waals surface area (Å²) in [6.45, 7) is 0.0721. The monoisotopic (exact) mass is 338 g/mol. The van der Waals surface area contributed by atoms with Gasteiger partial charge in [-0.15, -0.1) is 0 Å². The molecule has 6 heteroatoms. The number of nitrogens with zero attached hydrogens (tertiary/aromatic N) is 2. The second kappa shape index (κ2) is 5.32. The molecule has 0 saturated heterocycles. The maximum absolute atomic E-state index is 14.4. The Hall–Kier alpha value is -2.86. The van der Waals surface area contributed by atoms with E-state index in [-0.39, 0.29) is 18.4 Å². The van der Waals surface area contributed by atoms with Gasteiger partial charge in [0.2, 0.25) is 6.79 Å². The van der Waals surface area contributed by atoms with Gasteiger partial charge in [-0.25, -0.2) is 9.37 Å². The lowest BCUT2D eigenvalue weighted by Crippen LogP contribution is -2.11. The maximum Gasteiger partial charge on any atom is 0.231 e. The van der Waals surface area contributed by atoms with Crippen LogP contribution in [0.4, 0.5) is 4.39 Å². The lowest BCUT2D eigenvalue weighted by atomic mass is 9.95. The largest absolute Gasteiger partial charge is 0.454 e. The molecule has 1 aromatic heterocycles. The van der Waals surface area contributed by atoms with Crippen LogP contribution in [0.15, 0.2) is 48.9 Å². The number of aliphatic hydroxyl groups excluding tert-OH is 1. The molecule has 0 amide bonds. The van der Waals surface area contributed by atoms with Crippen LogP contribution in [0.5, 0.6) is 11.5 Å². The number of aliphatic hydroxyl groups is 1. The van der Waals surface area contributed by atoms with Crippen molar-refractivity contribution in [1.29, 1.82) is 0 Å². The van der Waals surface area contributed by atoms with Crippen molar-refractivity contribution < 1.29 is 19.0 Å². The first-order valence-electron chi connectivity index (χ1n) is 8.10. The van der Waals surface area contributed by atoms with E-state index in [1.54, 1.807) is 6.33 Å². The van der Waals surface area contributed by atoms with Crippen molar-refractivity contribution in [2.24, 2.45) is 0 Å². The van der Waals surface area contributed by atoms with Crippen LogP contribution in [0.2, 0.25) is 0 Å². The van der Waals surface area contributed by atoms with Gasteiger partial charge in [0.15, 0.2) is 11.5 Å². The minimum atomic E-state index is -0.971. The minimum absolute atomic E-state index is 0.0721. The molecular weight excluding hydrogens is 323 g/mol. The number of ether oxygens (including phenoxy) is 2. The molecule has 126 valence electrons. The van der Waals surface area contributed by atoms with Crippen LogP contribution in [-0.2, 0) is 0 Å². The van der Waals surface area contributed by atoms with Crippen molar-refractivity contribution in [3.63, 3.8) is 0 Å². The lowest BCUT2D eigenvalue weighted by molar-refractivity contribution is 0.149. The van der Waals surface area contributed by atoms with Crippen molar-refractivity contribution >= 4 is 0 Å². The Balaban J connectivity index is 1.50. The lowest BCUT2D eigenvalue weighted by Gasteiger charge is -2.20. The zero-order valence-corrected chi connectivity index (χ0v) is 13.2. The number of fused-ring (bicyclic) bond motifs is 4. The molecule has 3 aromatic rings. The molecule has 3 heterocycles. The summed E-state index contributed by atoms with van der Waals surface area (Å²) in [6, 6.07) is 10.7. The highest BCUT2D eigenvalue weighted by Gasteiger charge is 2.31. The molecule has 5 nitrogen and oxygen atoms in total. The Morgan fingerprint density at radius 2 is 2.04 bits per heavy atom. The van der Waals surface area contributed by atoms with E-state index in [1.165, 1.54) is 12.1 Å². The molecule has 5 rings (SSSR count). The molecule has 2 aliphatic heterocycles. The molecule has 0 spiro atoms. The summed E-state index contributed by atoms with van der Waals surface area (Å²) in [6.07, 6.45) is 2.94. The average Bonchev–Trinajstić information content (AvgIpc) is 3.31. The summed E-state index contributed by atoms with van der Waals surface area (Å²) in [5.74, 6) is 0.344. The molecule has 25 heavy (non-hydrogen) atoms. The number of aromatic nitrogens is 2. The van der Waals surface area contributed by atoms with Crippen LogP contribution < -0.4 is 9.47 Å². The minimum Gasteiger partial charge on any atom is -0.454 e. The second-order valence-corrected chi connectivity index (χ2v) is 6.27. The summed E-state index contributed by atoms with van der Waals surface area (Å²) >= 11 is 0. The standard InChI is InChI=1S/C19H15FN2O3/c20-14-6-19-18(24-10-25-19)5-13(14)17(23)7-15-11-3-1-2-4-12(11)16-8-21-9-22(15)16/h1-6,8-9,15,17,23H,7,10H2/t15-,17-/m0/s1. The van der Waals surface area contributed by atoms with Crippen LogP contribution in [0, 0.1) is 5.82 Å². The van der Waals surface area contributed by atoms with Crippen molar-refractivity contribution in [1.82, 2.24) is 9.55 Å². The van der Waals surface area contributed by atoms with Gasteiger partial charge >= 0.3 is 0 Å². The highest BCUT2D eigenvalue weighted by Crippen LogP contribution is 2.44. The van der Waals surface area contributed by atoms with Gasteiger partial charge in [-0.1, -0.05) is 24.3 Å². The van der Waals surface area contributed by atoms with Gasteiger partial charge in [-0.2, -0.15) is 0 Å². The first-order valence-corrected chi connectivity index (χ1v) is 8.10. The van der Waals surface area contributed by atoms with Gasteiger partial charge in [0, 0.05) is 23.6 Å². The molecule has 2 aromatic carbocycles. The fraction of sp³-hybridized carbons (Fsp3) is 0.211. The third kappa shape index (κ3) is 2.14. The first-order chi connectivity index (χ1) is 12.2. The van der Waals surface area contributed by atoms with Crippen molar-refractivity contribution in [2.75, 3.05) is 6.79 Å². The van der Waals surface area contributed by atoms with Crippen LogP contribution >= 0.6 is 0 Å². The topological polar surface area (TPSA) is 56.5 Å². The number of rotatable bonds is 3. The Bertz CT molecular complexity index is 969. The van der Waals surface area contributed by atoms with Crippen LogP contribution in [0.1, 0.15) is 29.7 Å². The quantitative estimate of drug-likeness (QED) is 0.795. The Morgan fingerprint density at radius 3 is 2.92 bits per heavy atom. The number of hydrogen-bond acceptors (Lipinski definition) is 4. The van der Waals surface area contributed by atoms with Crippen molar-refractivity contribution in [2.45, 2.75) is 18.6 Å². The Kier molecular flexibility index (Phi) is 3.08. The number of hydrogen-bond donors (Lipinski definition) is 1. The summed E-state index contributed by atoms with van der Waals surface area (Å²) in [5.41, 5.74) is 3.44. The molecule has 1 N–H and O–H groups in total. The smallest absolute Gasteiger partial charge is 0.231 e. The van der Waals surface area contributed by atoms with Gasteiger partial charge in [0.25, 0.3) is 0 Å². The molecule has 0 fully saturated rings. The van der Waals surface area contributed by atoms with Gasteiger partial charge in [0.1, 0.15) is 5.82 Å². The third-order valence-corrected chi connectivity index (χ3v) is 4.89. The van der Waals surface area contributed by atoms with Crippen LogP contribution in [-0.4, -0.2) is 21.5 Å². The zero-order valence-electron chi connectivity index (χ0n) is 13.2. The van der Waals surface area contributed by atoms with E-state index in [0.29, 0.717) is 17.9 Å². The van der Waals surface area contributed by atoms with Gasteiger partial charge in [0.05, 0.1) is 30.4 Å². The van der Waals surface area contributed by atoms with Gasteiger partial charge < -0.3 is 19.1 Å². The molecule has 0 bridgehead atoms. The Labute approximate surface area is 143 Å². The van der Waals surface area contributed by atoms with Crippen LogP contribution in [0.3, 0.4) is 0 Å². The van der Waals surface area contributed by atoms with E-state index < -0.39 is 11.9 Å². The van der Waals surface area contributed by atoms with Crippen molar-refractivity contribution in [3.8, 4) is 22.8 Å². The third-order valence-electron chi connectivity index (χ3n) is 4.89. The number of halogens is 1. The molecule has 2 atom stereocenters. The highest BCUT2D eigenvalue weighted by molar-refractivity contribution is 5.69. The normalized spacial score (nSPS) is 18.1. The summed E-state index contributed by atoms with van der Waals surface area (Å²) in [4.78, 5) is 4.21. The van der Waals surface area contributed by atoms with Crippen molar-refractivity contribution in [3.05, 3.63) is 65.9 Å². The molecule has 0 unspecified atom stereocenters. The summed E-state index contributed by atoms with van der Waals surface area (Å²) in [7, 11) is 0. The number of imidazole rings is 1. The fourth-order valence-electron chi connectivity index (χ4n) is 3.70. The second-order valence-electron chi connectivity index (χ2n) is 6.27. The Morgan fingerprint density at radius 1 is 1.24 bits per heavy atom. The number of benzene rings is 2. The van der Waals surface area contributed by atoms with Crippen LogP contribution in [0.25, 0.3) is 11.3 Å². The zero-order chi connectivity index (χ0) is 17.0. The van der Waals surface area contributed by atoms with E-state index in [0.717, 1.165) is 16.8 Å². The molecular formula is C19H15FN2O3. The SMILES string of the molecule is O[C@@H](C[C@H]1c2ccccc2-c2cncn21)c1cc2c(cc1F)OCO2. The van der Waals surface area contributed by atoms with E-state index in [9.17, 15) is 9.50 Å². The predicted octanol–water partition coefficient (Wildman–Crippen LogP) is 3.44. The van der Waals surface area contributed by atoms with E-state index in [1.807, 2.05) is 35.0 Å². The van der Waals surface area contributed by atoms with Gasteiger partial charge in [-0.3, -0.25) is 0 Å². The molecule has 0 radical (unpaired) electrons. The van der Waals surface area contributed by atoms with E-state index in [2.05, 4.69) is 4.98 Å². The first kappa shape index (κ1) is 14.5. The predicted molar refractivity (Wildman–Crippen MR) is 87.9 cm³/mol. The molecule has 0 saturated carbocycles. The average molecular weight is 338 g/mol. The summed E-state index contributed by atoms with van der Waals surface area (Å²) in [5, 5.41) is 10.7.